The Morgan fingerprint density at radius 3 is 2.33 bits per heavy atom. The molecule has 1 aromatic rings. The molecule has 4 nitrogen and oxygen atoms in total. The van der Waals surface area contributed by atoms with Crippen LogP contribution in [0.2, 0.25) is 0 Å². The zero-order chi connectivity index (χ0) is 14.3. The molecule has 1 heterocycles. The van der Waals surface area contributed by atoms with Crippen LogP contribution in [0.25, 0.3) is 0 Å². The van der Waals surface area contributed by atoms with Crippen LogP contribution in [0, 0.1) is 6.92 Å². The Hall–Kier alpha value is -0.290. The standard InChI is InChI=1S/C15H30N4.2ClH/c1-6-18(7-2)10-8-9-16-11-15-12-19(13(3)4)17-14(15)5;;/h12-13,16H,6-11H2,1-5H3;2*1H. The third-order valence-corrected chi connectivity index (χ3v) is 3.59. The smallest absolute Gasteiger partial charge is 0.0638 e. The highest BCUT2D eigenvalue weighted by Gasteiger charge is 2.06. The molecule has 1 N–H and O–H groups in total. The molecule has 0 radical (unpaired) electrons. The summed E-state index contributed by atoms with van der Waals surface area (Å²) in [7, 11) is 0. The lowest BCUT2D eigenvalue weighted by Gasteiger charge is -2.17. The summed E-state index contributed by atoms with van der Waals surface area (Å²) in [6.45, 7) is 16.3. The highest BCUT2D eigenvalue weighted by Crippen LogP contribution is 2.10. The van der Waals surface area contributed by atoms with E-state index in [2.05, 4.69) is 56.1 Å². The van der Waals surface area contributed by atoms with Crippen LogP contribution in [0.3, 0.4) is 0 Å². The fourth-order valence-electron chi connectivity index (χ4n) is 2.15. The van der Waals surface area contributed by atoms with Crippen molar-refractivity contribution in [2.24, 2.45) is 0 Å². The van der Waals surface area contributed by atoms with Gasteiger partial charge in [-0.1, -0.05) is 13.8 Å². The molecular formula is C15H32Cl2N4. The van der Waals surface area contributed by atoms with Crippen LogP contribution in [0.5, 0.6) is 0 Å². The fourth-order valence-corrected chi connectivity index (χ4v) is 2.15. The maximum Gasteiger partial charge on any atom is 0.0638 e. The molecule has 0 spiro atoms. The van der Waals surface area contributed by atoms with E-state index in [1.165, 1.54) is 18.5 Å². The Balaban J connectivity index is 0. The Morgan fingerprint density at radius 2 is 1.86 bits per heavy atom. The molecule has 126 valence electrons. The van der Waals surface area contributed by atoms with E-state index in [4.69, 9.17) is 0 Å². The van der Waals surface area contributed by atoms with Crippen molar-refractivity contribution in [2.45, 2.75) is 53.6 Å². The number of aryl methyl sites for hydroxylation is 1. The number of halogens is 2. The molecule has 0 bridgehead atoms. The molecule has 0 aliphatic carbocycles. The second-order valence-corrected chi connectivity index (χ2v) is 5.37. The van der Waals surface area contributed by atoms with Gasteiger partial charge in [0.2, 0.25) is 0 Å². The van der Waals surface area contributed by atoms with Gasteiger partial charge in [-0.3, -0.25) is 4.68 Å². The molecule has 0 aliphatic rings. The van der Waals surface area contributed by atoms with Gasteiger partial charge >= 0.3 is 0 Å². The molecule has 0 aromatic carbocycles. The Bertz CT molecular complexity index is 363. The maximum atomic E-state index is 4.53. The van der Waals surface area contributed by atoms with Crippen LogP contribution in [0.4, 0.5) is 0 Å². The van der Waals surface area contributed by atoms with Crippen LogP contribution < -0.4 is 5.32 Å². The van der Waals surface area contributed by atoms with E-state index in [-0.39, 0.29) is 24.8 Å². The highest BCUT2D eigenvalue weighted by atomic mass is 35.5. The van der Waals surface area contributed by atoms with E-state index < -0.39 is 0 Å². The molecule has 0 atom stereocenters. The number of rotatable bonds is 9. The molecule has 6 heteroatoms. The van der Waals surface area contributed by atoms with Gasteiger partial charge in [0.1, 0.15) is 0 Å². The zero-order valence-corrected chi connectivity index (χ0v) is 15.7. The molecule has 0 fully saturated rings. The summed E-state index contributed by atoms with van der Waals surface area (Å²) in [4.78, 5) is 2.46. The van der Waals surface area contributed by atoms with Crippen molar-refractivity contribution in [1.82, 2.24) is 20.0 Å². The van der Waals surface area contributed by atoms with E-state index in [0.717, 1.165) is 31.9 Å². The monoisotopic (exact) mass is 338 g/mol. The van der Waals surface area contributed by atoms with Gasteiger partial charge in [0.15, 0.2) is 0 Å². The van der Waals surface area contributed by atoms with Gasteiger partial charge < -0.3 is 10.2 Å². The largest absolute Gasteiger partial charge is 0.312 e. The third kappa shape index (κ3) is 8.05. The summed E-state index contributed by atoms with van der Waals surface area (Å²) < 4.78 is 2.04. The van der Waals surface area contributed by atoms with Gasteiger partial charge in [-0.25, -0.2) is 0 Å². The summed E-state index contributed by atoms with van der Waals surface area (Å²) in [5.74, 6) is 0. The average molecular weight is 339 g/mol. The number of nitrogens with zero attached hydrogens (tertiary/aromatic N) is 3. The topological polar surface area (TPSA) is 33.1 Å². The first kappa shape index (κ1) is 23.0. The van der Waals surface area contributed by atoms with Crippen LogP contribution in [-0.2, 0) is 6.54 Å². The molecule has 1 aromatic heterocycles. The maximum absolute atomic E-state index is 4.53. The second kappa shape index (κ2) is 12.3. The third-order valence-electron chi connectivity index (χ3n) is 3.59. The summed E-state index contributed by atoms with van der Waals surface area (Å²) in [6.07, 6.45) is 3.37. The SMILES string of the molecule is CCN(CC)CCCNCc1cn(C(C)C)nc1C.Cl.Cl. The number of nitrogens with one attached hydrogen (secondary N) is 1. The average Bonchev–Trinajstić information content (AvgIpc) is 2.76. The lowest BCUT2D eigenvalue weighted by molar-refractivity contribution is 0.298. The predicted molar refractivity (Wildman–Crippen MR) is 96.0 cm³/mol. The van der Waals surface area contributed by atoms with Gasteiger partial charge in [0, 0.05) is 24.3 Å². The zero-order valence-electron chi connectivity index (χ0n) is 14.1. The predicted octanol–water partition coefficient (Wildman–Crippen LogP) is 3.44. The number of hydrogen-bond donors (Lipinski definition) is 1. The Morgan fingerprint density at radius 1 is 1.24 bits per heavy atom. The van der Waals surface area contributed by atoms with Crippen LogP contribution in [0.15, 0.2) is 6.20 Å². The van der Waals surface area contributed by atoms with Crippen molar-refractivity contribution in [3.05, 3.63) is 17.5 Å². The second-order valence-electron chi connectivity index (χ2n) is 5.37. The van der Waals surface area contributed by atoms with Crippen LogP contribution in [0.1, 0.15) is 51.4 Å². The summed E-state index contributed by atoms with van der Waals surface area (Å²) in [6, 6.07) is 0.440. The van der Waals surface area contributed by atoms with E-state index in [1.54, 1.807) is 0 Å². The van der Waals surface area contributed by atoms with E-state index in [1.807, 2.05) is 4.68 Å². The molecule has 0 aliphatic heterocycles. The van der Waals surface area contributed by atoms with Crippen LogP contribution in [-0.4, -0.2) is 40.9 Å². The Kier molecular flexibility index (Phi) is 13.4. The van der Waals surface area contributed by atoms with Crippen LogP contribution >= 0.6 is 24.8 Å². The molecule has 0 saturated carbocycles. The molecule has 0 saturated heterocycles. The minimum atomic E-state index is 0. The first-order chi connectivity index (χ1) is 9.08. The molecule has 0 unspecified atom stereocenters. The number of aromatic nitrogens is 2. The van der Waals surface area contributed by atoms with E-state index >= 15 is 0 Å². The minimum absolute atomic E-state index is 0. The van der Waals surface area contributed by atoms with Crippen molar-refractivity contribution in [1.29, 1.82) is 0 Å². The lowest BCUT2D eigenvalue weighted by Crippen LogP contribution is -2.27. The lowest BCUT2D eigenvalue weighted by atomic mass is 10.2. The van der Waals surface area contributed by atoms with Gasteiger partial charge in [-0.15, -0.1) is 24.8 Å². The highest BCUT2D eigenvalue weighted by molar-refractivity contribution is 5.85. The van der Waals surface area contributed by atoms with E-state index in [0.29, 0.717) is 6.04 Å². The van der Waals surface area contributed by atoms with Crippen molar-refractivity contribution in [3.63, 3.8) is 0 Å². The van der Waals surface area contributed by atoms with Crippen molar-refractivity contribution >= 4 is 24.8 Å². The first-order valence-electron chi connectivity index (χ1n) is 7.56. The van der Waals surface area contributed by atoms with Crippen molar-refractivity contribution < 1.29 is 0 Å². The number of hydrogen-bond acceptors (Lipinski definition) is 3. The molecule has 21 heavy (non-hydrogen) atoms. The Labute approximate surface area is 142 Å². The minimum Gasteiger partial charge on any atom is -0.312 e. The molecule has 0 amide bonds. The molecule has 1 rings (SSSR count). The fraction of sp³-hybridized carbons (Fsp3) is 0.800. The first-order valence-corrected chi connectivity index (χ1v) is 7.56. The van der Waals surface area contributed by atoms with Gasteiger partial charge in [-0.05, 0) is 53.4 Å². The molecular weight excluding hydrogens is 307 g/mol. The normalized spacial score (nSPS) is 10.6. The van der Waals surface area contributed by atoms with Gasteiger partial charge in [-0.2, -0.15) is 5.10 Å². The summed E-state index contributed by atoms with van der Waals surface area (Å²) >= 11 is 0. The van der Waals surface area contributed by atoms with Gasteiger partial charge in [0.25, 0.3) is 0 Å². The summed E-state index contributed by atoms with van der Waals surface area (Å²) in [5.41, 5.74) is 2.46. The van der Waals surface area contributed by atoms with Gasteiger partial charge in [0.05, 0.1) is 5.69 Å². The summed E-state index contributed by atoms with van der Waals surface area (Å²) in [5, 5.41) is 8.05. The quantitative estimate of drug-likeness (QED) is 0.700. The van der Waals surface area contributed by atoms with Crippen molar-refractivity contribution in [3.8, 4) is 0 Å². The van der Waals surface area contributed by atoms with E-state index in [9.17, 15) is 0 Å². The van der Waals surface area contributed by atoms with Crippen molar-refractivity contribution in [2.75, 3.05) is 26.2 Å².